The molecule has 0 amide bonds. The van der Waals surface area contributed by atoms with Crippen LogP contribution in [-0.2, 0) is 18.7 Å². The van der Waals surface area contributed by atoms with Gasteiger partial charge in [-0.15, -0.1) is 0 Å². The lowest BCUT2D eigenvalue weighted by Gasteiger charge is -2.48. The van der Waals surface area contributed by atoms with E-state index in [1.54, 1.807) is 12.1 Å². The van der Waals surface area contributed by atoms with Gasteiger partial charge < -0.3 is 13.9 Å². The van der Waals surface area contributed by atoms with Crippen LogP contribution in [0.3, 0.4) is 0 Å². The molecule has 5 rings (SSSR count). The summed E-state index contributed by atoms with van der Waals surface area (Å²) in [5.74, 6) is -0.706. The average molecular weight is 625 g/mol. The van der Waals surface area contributed by atoms with Gasteiger partial charge in [0, 0.05) is 18.3 Å². The smallest absolute Gasteiger partial charge is 0.338 e. The molecular weight excluding hydrogens is 577 g/mol. The Labute approximate surface area is 270 Å². The van der Waals surface area contributed by atoms with Crippen molar-refractivity contribution in [1.82, 2.24) is 0 Å². The highest BCUT2D eigenvalue weighted by atomic mass is 28.4. The molecule has 1 heterocycles. The molecule has 1 saturated carbocycles. The summed E-state index contributed by atoms with van der Waals surface area (Å²) in [5, 5.41) is 2.31. The van der Waals surface area contributed by atoms with Gasteiger partial charge in [-0.3, -0.25) is 4.79 Å². The van der Waals surface area contributed by atoms with Crippen molar-refractivity contribution in [1.29, 1.82) is 0 Å². The van der Waals surface area contributed by atoms with E-state index in [1.807, 2.05) is 18.2 Å². The molecule has 3 aromatic rings. The molecule has 45 heavy (non-hydrogen) atoms. The molecule has 1 aliphatic heterocycles. The van der Waals surface area contributed by atoms with Crippen LogP contribution >= 0.6 is 0 Å². The van der Waals surface area contributed by atoms with Crippen LogP contribution in [0.25, 0.3) is 0 Å². The topological polar surface area (TPSA) is 61.8 Å². The fraction of sp³-hybridized carbons (Fsp3) is 0.436. The van der Waals surface area contributed by atoms with Gasteiger partial charge >= 0.3 is 11.9 Å². The van der Waals surface area contributed by atoms with Crippen LogP contribution in [0.4, 0.5) is 0 Å². The molecular formula is C39H48O5Si. The van der Waals surface area contributed by atoms with Crippen LogP contribution in [0.15, 0.2) is 103 Å². The maximum absolute atomic E-state index is 13.1. The molecule has 2 aliphatic rings. The predicted molar refractivity (Wildman–Crippen MR) is 182 cm³/mol. The van der Waals surface area contributed by atoms with Gasteiger partial charge in [-0.05, 0) is 40.9 Å². The van der Waals surface area contributed by atoms with Gasteiger partial charge in [-0.25, -0.2) is 4.79 Å². The summed E-state index contributed by atoms with van der Waals surface area (Å²) < 4.78 is 19.6. The van der Waals surface area contributed by atoms with Crippen molar-refractivity contribution in [2.24, 2.45) is 11.8 Å². The Kier molecular flexibility index (Phi) is 10.1. The van der Waals surface area contributed by atoms with Crippen molar-refractivity contribution in [2.75, 3.05) is 0 Å². The highest BCUT2D eigenvalue weighted by molar-refractivity contribution is 6.99. The van der Waals surface area contributed by atoms with Crippen LogP contribution in [-0.4, -0.2) is 38.1 Å². The number of fused-ring (bicyclic) bond motifs is 1. The van der Waals surface area contributed by atoms with Gasteiger partial charge in [-0.2, -0.15) is 0 Å². The van der Waals surface area contributed by atoms with E-state index in [4.69, 9.17) is 13.9 Å². The summed E-state index contributed by atoms with van der Waals surface area (Å²) in [4.78, 5) is 25.5. The number of hydrogen-bond acceptors (Lipinski definition) is 5. The van der Waals surface area contributed by atoms with Gasteiger partial charge in [0.2, 0.25) is 0 Å². The predicted octanol–water partition coefficient (Wildman–Crippen LogP) is 7.64. The summed E-state index contributed by atoms with van der Waals surface area (Å²) >= 11 is 0. The maximum Gasteiger partial charge on any atom is 0.338 e. The van der Waals surface area contributed by atoms with Gasteiger partial charge in [0.25, 0.3) is 8.32 Å². The van der Waals surface area contributed by atoms with Crippen LogP contribution in [0, 0.1) is 11.8 Å². The molecule has 0 spiro atoms. The van der Waals surface area contributed by atoms with Crippen LogP contribution in [0.2, 0.25) is 5.04 Å². The maximum atomic E-state index is 13.1. The summed E-state index contributed by atoms with van der Waals surface area (Å²) in [7, 11) is -2.86. The zero-order valence-corrected chi connectivity index (χ0v) is 28.4. The van der Waals surface area contributed by atoms with Crippen molar-refractivity contribution in [3.05, 3.63) is 109 Å². The van der Waals surface area contributed by atoms with Crippen molar-refractivity contribution < 1.29 is 23.5 Å². The summed E-state index contributed by atoms with van der Waals surface area (Å²) in [6, 6.07) is 30.6. The van der Waals surface area contributed by atoms with Gasteiger partial charge in [0.1, 0.15) is 12.2 Å². The molecule has 0 bridgehead atoms. The Morgan fingerprint density at radius 3 is 2.02 bits per heavy atom. The Morgan fingerprint density at radius 2 is 1.47 bits per heavy atom. The number of unbranched alkanes of at least 4 members (excludes halogenated alkanes) is 2. The van der Waals surface area contributed by atoms with Crippen molar-refractivity contribution in [3.63, 3.8) is 0 Å². The second-order valence-corrected chi connectivity index (χ2v) is 18.1. The summed E-state index contributed by atoms with van der Waals surface area (Å²) in [5.41, 5.74) is -0.0793. The molecule has 238 valence electrons. The number of carbonyl (C=O) groups is 2. The zero-order valence-electron chi connectivity index (χ0n) is 27.4. The monoisotopic (exact) mass is 624 g/mol. The van der Waals surface area contributed by atoms with Crippen LogP contribution < -0.4 is 10.4 Å². The molecule has 0 radical (unpaired) electrons. The second-order valence-electron chi connectivity index (χ2n) is 13.9. The lowest BCUT2D eigenvalue weighted by atomic mass is 9.89. The number of rotatable bonds is 12. The number of carbonyl (C=O) groups excluding carboxylic acids is 2. The number of benzene rings is 3. The normalized spacial score (nSPS) is 23.0. The van der Waals surface area contributed by atoms with Crippen molar-refractivity contribution in [3.8, 4) is 0 Å². The number of ether oxygens (including phenoxy) is 2. The highest BCUT2D eigenvalue weighted by Crippen LogP contribution is 2.45. The van der Waals surface area contributed by atoms with Gasteiger partial charge in [0.15, 0.2) is 0 Å². The van der Waals surface area contributed by atoms with Gasteiger partial charge in [0.05, 0.1) is 17.6 Å². The molecule has 1 aliphatic carbocycles. The lowest BCUT2D eigenvalue weighted by molar-refractivity contribution is -0.141. The third kappa shape index (κ3) is 7.18. The molecule has 0 N–H and O–H groups in total. The van der Waals surface area contributed by atoms with E-state index in [2.05, 4.69) is 107 Å². The van der Waals surface area contributed by atoms with E-state index >= 15 is 0 Å². The standard InChI is InChI=1S/C39H48O5Si/c1-6-7-17-25-39(5,44-45(38(2,3)4,30-20-13-9-14-21-30)31-22-15-10-16-23-31)26-24-32-33-27-36(40)42-35(33)28-34(32)43-37(41)29-18-11-8-12-19-29/h8-16,18-24,26,32-35H,6-7,17,25,27-28H2,1-5H3/t32-,33-,34-,35+,39?/m1/s1. The Balaban J connectivity index is 1.54. The fourth-order valence-corrected chi connectivity index (χ4v) is 12.1. The summed E-state index contributed by atoms with van der Waals surface area (Å²) in [6.45, 7) is 11.3. The largest absolute Gasteiger partial charge is 0.462 e. The first kappa shape index (κ1) is 32.9. The molecule has 0 aromatic heterocycles. The highest BCUT2D eigenvalue weighted by Gasteiger charge is 2.54. The van der Waals surface area contributed by atoms with E-state index in [-0.39, 0.29) is 41.0 Å². The first-order valence-electron chi connectivity index (χ1n) is 16.5. The van der Waals surface area contributed by atoms with E-state index in [0.717, 1.165) is 25.7 Å². The average Bonchev–Trinajstić information content (AvgIpc) is 3.54. The number of hydrogen-bond donors (Lipinski definition) is 0. The third-order valence-corrected chi connectivity index (χ3v) is 14.7. The van der Waals surface area contributed by atoms with Gasteiger partial charge in [-0.1, -0.05) is 138 Å². The minimum absolute atomic E-state index is 0.0323. The summed E-state index contributed by atoms with van der Waals surface area (Å²) in [6.07, 6.45) is 8.72. The first-order valence-corrected chi connectivity index (χ1v) is 18.4. The Morgan fingerprint density at radius 1 is 0.889 bits per heavy atom. The SMILES string of the molecule is CCCCCC(C)(C=C[C@@H]1[C@H]2CC(=O)O[C@H]2C[C@H]1OC(=O)c1ccccc1)O[Si](c1ccccc1)(c1ccccc1)C(C)(C)C. The van der Waals surface area contributed by atoms with E-state index in [0.29, 0.717) is 18.4 Å². The van der Waals surface area contributed by atoms with Crippen molar-refractivity contribution >= 4 is 30.6 Å². The minimum Gasteiger partial charge on any atom is -0.462 e. The van der Waals surface area contributed by atoms with Crippen molar-refractivity contribution in [2.45, 2.75) is 96.0 Å². The first-order chi connectivity index (χ1) is 21.6. The molecule has 1 unspecified atom stereocenters. The Hall–Kier alpha value is -3.48. The Bertz CT molecular complexity index is 1410. The quantitative estimate of drug-likeness (QED) is 0.0897. The lowest BCUT2D eigenvalue weighted by Crippen LogP contribution is -2.69. The van der Waals surface area contributed by atoms with Crippen LogP contribution in [0.5, 0.6) is 0 Å². The molecule has 5 nitrogen and oxygen atoms in total. The van der Waals surface area contributed by atoms with Crippen LogP contribution in [0.1, 0.15) is 83.5 Å². The molecule has 3 aromatic carbocycles. The molecule has 1 saturated heterocycles. The zero-order chi connectivity index (χ0) is 32.1. The number of esters is 2. The van der Waals surface area contributed by atoms with E-state index < -0.39 is 13.9 Å². The third-order valence-electron chi connectivity index (χ3n) is 9.57. The molecule has 6 heteroatoms. The fourth-order valence-electron chi connectivity index (χ4n) is 7.28. The molecule has 5 atom stereocenters. The van der Waals surface area contributed by atoms with E-state index in [9.17, 15) is 9.59 Å². The minimum atomic E-state index is -2.86. The molecule has 2 fully saturated rings. The second kappa shape index (κ2) is 13.9. The van der Waals surface area contributed by atoms with E-state index in [1.165, 1.54) is 10.4 Å².